The molecule has 0 amide bonds. The average molecular weight is 347 g/mol. The van der Waals surface area contributed by atoms with Crippen LogP contribution < -0.4 is 4.74 Å². The zero-order chi connectivity index (χ0) is 18.6. The van der Waals surface area contributed by atoms with Gasteiger partial charge in [0.2, 0.25) is 0 Å². The normalized spacial score (nSPS) is 10.6. The van der Waals surface area contributed by atoms with E-state index in [9.17, 15) is 25.1 Å². The van der Waals surface area contributed by atoms with Crippen molar-refractivity contribution in [2.45, 2.75) is 0 Å². The predicted octanol–water partition coefficient (Wildman–Crippen LogP) is 3.22. The quantitative estimate of drug-likeness (QED) is 0.278. The van der Waals surface area contributed by atoms with Gasteiger partial charge in [0, 0.05) is 18.2 Å². The standard InChI is InChI=1S/C15H13N3O7/c1-24-11-7-10(19)13(12(14(11)20)15(21)25-2)17-16-8-3-5-9(6-4-8)18(22)23/h3-7,19-20H,1-2H3. The number of rotatable bonds is 5. The largest absolute Gasteiger partial charge is 0.505 e. The van der Waals surface area contributed by atoms with E-state index in [1.54, 1.807) is 0 Å². The third-order valence-electron chi connectivity index (χ3n) is 3.15. The molecule has 2 rings (SSSR count). The number of non-ortho nitro benzene ring substituents is 1. The fraction of sp³-hybridized carbons (Fsp3) is 0.133. The number of hydrogen-bond acceptors (Lipinski definition) is 9. The van der Waals surface area contributed by atoms with Crippen molar-refractivity contribution in [3.8, 4) is 17.2 Å². The van der Waals surface area contributed by atoms with Crippen LogP contribution in [0.1, 0.15) is 10.4 Å². The number of phenols is 2. The number of nitrogens with zero attached hydrogens (tertiary/aromatic N) is 3. The lowest BCUT2D eigenvalue weighted by atomic mass is 10.1. The summed E-state index contributed by atoms with van der Waals surface area (Å²) in [5, 5.41) is 38.3. The molecule has 130 valence electrons. The summed E-state index contributed by atoms with van der Waals surface area (Å²) >= 11 is 0. The van der Waals surface area contributed by atoms with E-state index in [1.165, 1.54) is 31.4 Å². The van der Waals surface area contributed by atoms with E-state index < -0.39 is 28.0 Å². The van der Waals surface area contributed by atoms with Crippen molar-refractivity contribution < 1.29 is 29.4 Å². The van der Waals surface area contributed by atoms with Gasteiger partial charge in [-0.1, -0.05) is 0 Å². The van der Waals surface area contributed by atoms with Crippen molar-refractivity contribution in [1.29, 1.82) is 0 Å². The van der Waals surface area contributed by atoms with E-state index in [0.29, 0.717) is 0 Å². The Morgan fingerprint density at radius 2 is 1.80 bits per heavy atom. The molecule has 0 bridgehead atoms. The van der Waals surface area contributed by atoms with Gasteiger partial charge in [0.15, 0.2) is 11.5 Å². The van der Waals surface area contributed by atoms with E-state index in [4.69, 9.17) is 4.74 Å². The Bertz CT molecular complexity index is 847. The summed E-state index contributed by atoms with van der Waals surface area (Å²) < 4.78 is 9.42. The van der Waals surface area contributed by atoms with Crippen LogP contribution >= 0.6 is 0 Å². The third-order valence-corrected chi connectivity index (χ3v) is 3.15. The first-order valence-electron chi connectivity index (χ1n) is 6.76. The Labute approximate surface area is 141 Å². The summed E-state index contributed by atoms with van der Waals surface area (Å²) in [7, 11) is 2.34. The minimum Gasteiger partial charge on any atom is -0.505 e. The molecule has 2 aromatic carbocycles. The van der Waals surface area contributed by atoms with Crippen LogP contribution in [0.15, 0.2) is 40.6 Å². The number of nitro benzene ring substituents is 1. The second-order valence-electron chi connectivity index (χ2n) is 4.64. The number of carbonyl (C=O) groups is 1. The molecule has 10 heteroatoms. The highest BCUT2D eigenvalue weighted by Crippen LogP contribution is 2.44. The van der Waals surface area contributed by atoms with Gasteiger partial charge in [0.25, 0.3) is 5.69 Å². The van der Waals surface area contributed by atoms with Crippen LogP contribution in [0.5, 0.6) is 17.2 Å². The number of nitro groups is 1. The van der Waals surface area contributed by atoms with Crippen LogP contribution in [0, 0.1) is 10.1 Å². The Morgan fingerprint density at radius 3 is 2.32 bits per heavy atom. The molecule has 0 unspecified atom stereocenters. The van der Waals surface area contributed by atoms with E-state index in [2.05, 4.69) is 15.0 Å². The van der Waals surface area contributed by atoms with Crippen LogP contribution in [-0.2, 0) is 4.74 Å². The Morgan fingerprint density at radius 1 is 1.16 bits per heavy atom. The predicted molar refractivity (Wildman–Crippen MR) is 84.9 cm³/mol. The number of phenolic OH excluding ortho intramolecular Hbond substituents is 2. The first-order chi connectivity index (χ1) is 11.9. The molecular weight excluding hydrogens is 334 g/mol. The average Bonchev–Trinajstić information content (AvgIpc) is 2.61. The lowest BCUT2D eigenvalue weighted by Crippen LogP contribution is -2.03. The fourth-order valence-corrected chi connectivity index (χ4v) is 1.93. The highest BCUT2D eigenvalue weighted by atomic mass is 16.6. The zero-order valence-electron chi connectivity index (χ0n) is 13.2. The molecular formula is C15H13N3O7. The van der Waals surface area contributed by atoms with Crippen LogP contribution in [0.25, 0.3) is 0 Å². The molecule has 0 spiro atoms. The number of ether oxygens (including phenoxy) is 2. The lowest BCUT2D eigenvalue weighted by Gasteiger charge is -2.11. The van der Waals surface area contributed by atoms with E-state index >= 15 is 0 Å². The molecule has 2 N–H and O–H groups in total. The molecule has 0 radical (unpaired) electrons. The minimum atomic E-state index is -0.954. The number of benzene rings is 2. The molecule has 0 aliphatic carbocycles. The molecule has 0 saturated heterocycles. The smallest absolute Gasteiger partial charge is 0.344 e. The van der Waals surface area contributed by atoms with Gasteiger partial charge in [0.1, 0.15) is 17.0 Å². The Kier molecular flexibility index (Phi) is 5.12. The van der Waals surface area contributed by atoms with Gasteiger partial charge >= 0.3 is 5.97 Å². The molecule has 0 aliphatic rings. The third kappa shape index (κ3) is 3.63. The van der Waals surface area contributed by atoms with E-state index in [-0.39, 0.29) is 22.8 Å². The topological polar surface area (TPSA) is 144 Å². The van der Waals surface area contributed by atoms with E-state index in [0.717, 1.165) is 13.2 Å². The van der Waals surface area contributed by atoms with Crippen LogP contribution in [-0.4, -0.2) is 35.3 Å². The van der Waals surface area contributed by atoms with Crippen molar-refractivity contribution in [2.24, 2.45) is 10.2 Å². The van der Waals surface area contributed by atoms with Gasteiger partial charge in [-0.2, -0.15) is 5.11 Å². The molecule has 2 aromatic rings. The van der Waals surface area contributed by atoms with Crippen molar-refractivity contribution in [3.63, 3.8) is 0 Å². The van der Waals surface area contributed by atoms with Gasteiger partial charge < -0.3 is 19.7 Å². The molecule has 0 fully saturated rings. The van der Waals surface area contributed by atoms with Crippen molar-refractivity contribution in [3.05, 3.63) is 46.0 Å². The molecule has 0 heterocycles. The van der Waals surface area contributed by atoms with Gasteiger partial charge in [-0.15, -0.1) is 5.11 Å². The van der Waals surface area contributed by atoms with Crippen molar-refractivity contribution in [2.75, 3.05) is 14.2 Å². The summed E-state index contributed by atoms with van der Waals surface area (Å²) in [6.07, 6.45) is 0. The van der Waals surface area contributed by atoms with Gasteiger partial charge in [-0.25, -0.2) is 4.79 Å². The second kappa shape index (κ2) is 7.25. The van der Waals surface area contributed by atoms with Gasteiger partial charge in [-0.05, 0) is 12.1 Å². The summed E-state index contributed by atoms with van der Waals surface area (Å²) in [5.74, 6) is -2.14. The highest BCUT2D eigenvalue weighted by Gasteiger charge is 2.25. The Balaban J connectivity index is 2.49. The number of hydrogen-bond donors (Lipinski definition) is 2. The first kappa shape index (κ1) is 17.7. The maximum absolute atomic E-state index is 11.9. The van der Waals surface area contributed by atoms with Crippen LogP contribution in [0.2, 0.25) is 0 Å². The van der Waals surface area contributed by atoms with Crippen LogP contribution in [0.3, 0.4) is 0 Å². The summed E-state index contributed by atoms with van der Waals surface area (Å²) in [4.78, 5) is 21.9. The number of carbonyl (C=O) groups excluding carboxylic acids is 1. The Hall–Kier alpha value is -3.69. The number of methoxy groups -OCH3 is 2. The summed E-state index contributed by atoms with van der Waals surface area (Å²) in [6, 6.07) is 6.17. The molecule has 0 saturated carbocycles. The molecule has 25 heavy (non-hydrogen) atoms. The number of aromatic hydroxyl groups is 2. The SMILES string of the molecule is COC(=O)c1c(O)c(OC)cc(O)c1N=Nc1ccc([N+](=O)[O-])cc1. The zero-order valence-corrected chi connectivity index (χ0v) is 13.2. The first-order valence-corrected chi connectivity index (χ1v) is 6.76. The van der Waals surface area contributed by atoms with Gasteiger partial charge in [0.05, 0.1) is 24.8 Å². The fourth-order valence-electron chi connectivity index (χ4n) is 1.93. The minimum absolute atomic E-state index is 0.126. The van der Waals surface area contributed by atoms with Crippen LogP contribution in [0.4, 0.5) is 17.1 Å². The van der Waals surface area contributed by atoms with Gasteiger partial charge in [-0.3, -0.25) is 10.1 Å². The maximum atomic E-state index is 11.9. The highest BCUT2D eigenvalue weighted by molar-refractivity contribution is 6.00. The number of azo groups is 1. The maximum Gasteiger partial charge on any atom is 0.344 e. The molecule has 0 aliphatic heterocycles. The summed E-state index contributed by atoms with van der Waals surface area (Å²) in [5.41, 5.74) is -0.649. The molecule has 0 atom stereocenters. The molecule has 10 nitrogen and oxygen atoms in total. The number of esters is 1. The molecule has 0 aromatic heterocycles. The lowest BCUT2D eigenvalue weighted by molar-refractivity contribution is -0.384. The second-order valence-corrected chi connectivity index (χ2v) is 4.64. The van der Waals surface area contributed by atoms with E-state index in [1.807, 2.05) is 0 Å². The summed E-state index contributed by atoms with van der Waals surface area (Å²) in [6.45, 7) is 0. The van der Waals surface area contributed by atoms with Crippen molar-refractivity contribution in [1.82, 2.24) is 0 Å². The van der Waals surface area contributed by atoms with Crippen molar-refractivity contribution >= 4 is 23.0 Å². The monoisotopic (exact) mass is 347 g/mol.